The zero-order valence-corrected chi connectivity index (χ0v) is 15.9. The maximum Gasteiger partial charge on any atom is 0.272 e. The minimum Gasteiger partial charge on any atom is -0.337 e. The molecular formula is C21H23ClN2O. The highest BCUT2D eigenvalue weighted by atomic mass is 35.5. The number of aromatic nitrogens is 1. The van der Waals surface area contributed by atoms with Crippen LogP contribution in [0.4, 0.5) is 5.69 Å². The molecule has 0 saturated heterocycles. The number of carbonyl (C=O) groups excluding carboxylic acids is 1. The summed E-state index contributed by atoms with van der Waals surface area (Å²) in [5, 5.41) is 4.79. The van der Waals surface area contributed by atoms with Crippen molar-refractivity contribution < 1.29 is 4.79 Å². The number of hydrogen-bond donors (Lipinski definition) is 1. The van der Waals surface area contributed by atoms with Gasteiger partial charge in [0.15, 0.2) is 0 Å². The molecule has 3 nitrogen and oxygen atoms in total. The molecule has 1 N–H and O–H groups in total. The lowest BCUT2D eigenvalue weighted by molar-refractivity contribution is 0.101. The highest BCUT2D eigenvalue weighted by Crippen LogP contribution is 2.28. The first kappa shape index (κ1) is 17.6. The Morgan fingerprint density at radius 2 is 1.88 bits per heavy atom. The number of halogens is 1. The van der Waals surface area contributed by atoms with Gasteiger partial charge in [0.25, 0.3) is 5.91 Å². The van der Waals surface area contributed by atoms with Gasteiger partial charge < -0.3 is 9.88 Å². The summed E-state index contributed by atoms with van der Waals surface area (Å²) >= 11 is 6.08. The van der Waals surface area contributed by atoms with Crippen LogP contribution in [0.1, 0.15) is 41.0 Å². The number of aryl methyl sites for hydroxylation is 4. The second kappa shape index (κ2) is 6.93. The SMILES string of the molecule is CCc1ccc2c(c1)c(C)c(C(=O)Nc1cc(Cl)ccc1C)n2CC. The number of nitrogens with one attached hydrogen (secondary N) is 1. The lowest BCUT2D eigenvalue weighted by Gasteiger charge is -2.12. The van der Waals surface area contributed by atoms with E-state index in [0.29, 0.717) is 10.7 Å². The number of benzene rings is 2. The van der Waals surface area contributed by atoms with Gasteiger partial charge in [-0.05, 0) is 68.1 Å². The van der Waals surface area contributed by atoms with Crippen LogP contribution in [0, 0.1) is 13.8 Å². The van der Waals surface area contributed by atoms with Crippen LogP contribution in [0.25, 0.3) is 10.9 Å². The van der Waals surface area contributed by atoms with E-state index in [4.69, 9.17) is 11.6 Å². The normalized spacial score (nSPS) is 11.1. The van der Waals surface area contributed by atoms with Crippen LogP contribution in [0.2, 0.25) is 5.02 Å². The van der Waals surface area contributed by atoms with Gasteiger partial charge in [0, 0.05) is 28.2 Å². The van der Waals surface area contributed by atoms with E-state index in [1.807, 2.05) is 26.0 Å². The van der Waals surface area contributed by atoms with Crippen LogP contribution in [0.15, 0.2) is 36.4 Å². The summed E-state index contributed by atoms with van der Waals surface area (Å²) in [7, 11) is 0. The predicted octanol–water partition coefficient (Wildman–Crippen LogP) is 5.75. The molecule has 0 saturated carbocycles. The predicted molar refractivity (Wildman–Crippen MR) is 106 cm³/mol. The lowest BCUT2D eigenvalue weighted by Crippen LogP contribution is -2.18. The molecule has 0 aliphatic heterocycles. The Bertz CT molecular complexity index is 956. The molecule has 2 aromatic carbocycles. The van der Waals surface area contributed by atoms with Crippen molar-refractivity contribution in [2.45, 2.75) is 40.7 Å². The van der Waals surface area contributed by atoms with Crippen molar-refractivity contribution in [3.05, 3.63) is 63.8 Å². The molecule has 0 bridgehead atoms. The Morgan fingerprint density at radius 3 is 2.56 bits per heavy atom. The molecule has 4 heteroatoms. The van der Waals surface area contributed by atoms with E-state index in [1.165, 1.54) is 5.56 Å². The molecule has 3 rings (SSSR count). The van der Waals surface area contributed by atoms with E-state index in [1.54, 1.807) is 6.07 Å². The third-order valence-electron chi connectivity index (χ3n) is 4.77. The molecule has 0 radical (unpaired) electrons. The monoisotopic (exact) mass is 354 g/mol. The Labute approximate surface area is 153 Å². The lowest BCUT2D eigenvalue weighted by atomic mass is 10.1. The van der Waals surface area contributed by atoms with Crippen LogP contribution in [0.5, 0.6) is 0 Å². The molecule has 0 aliphatic carbocycles. The average molecular weight is 355 g/mol. The smallest absolute Gasteiger partial charge is 0.272 e. The molecule has 130 valence electrons. The quantitative estimate of drug-likeness (QED) is 0.636. The molecule has 0 spiro atoms. The molecule has 0 atom stereocenters. The molecule has 1 amide bonds. The van der Waals surface area contributed by atoms with Crippen LogP contribution < -0.4 is 5.32 Å². The summed E-state index contributed by atoms with van der Waals surface area (Å²) < 4.78 is 2.08. The van der Waals surface area contributed by atoms with Gasteiger partial charge in [-0.2, -0.15) is 0 Å². The summed E-state index contributed by atoms with van der Waals surface area (Å²) in [4.78, 5) is 13.0. The zero-order valence-electron chi connectivity index (χ0n) is 15.1. The van der Waals surface area contributed by atoms with Crippen LogP contribution in [-0.2, 0) is 13.0 Å². The van der Waals surface area contributed by atoms with Crippen LogP contribution in [-0.4, -0.2) is 10.5 Å². The maximum absolute atomic E-state index is 13.0. The maximum atomic E-state index is 13.0. The summed E-state index contributed by atoms with van der Waals surface area (Å²) in [5.41, 5.74) is 5.85. The van der Waals surface area contributed by atoms with Crippen molar-refractivity contribution in [1.29, 1.82) is 0 Å². The van der Waals surface area contributed by atoms with Crippen molar-refractivity contribution in [2.75, 3.05) is 5.32 Å². The minimum atomic E-state index is -0.0982. The highest BCUT2D eigenvalue weighted by molar-refractivity contribution is 6.31. The molecule has 25 heavy (non-hydrogen) atoms. The highest BCUT2D eigenvalue weighted by Gasteiger charge is 2.20. The molecule has 0 fully saturated rings. The van der Waals surface area contributed by atoms with Crippen molar-refractivity contribution in [2.24, 2.45) is 0 Å². The molecular weight excluding hydrogens is 332 g/mol. The van der Waals surface area contributed by atoms with Crippen LogP contribution >= 0.6 is 11.6 Å². The molecule has 1 aromatic heterocycles. The van der Waals surface area contributed by atoms with E-state index in [0.717, 1.165) is 40.7 Å². The van der Waals surface area contributed by atoms with Gasteiger partial charge in [0.05, 0.1) is 0 Å². The number of carbonyl (C=O) groups is 1. The zero-order chi connectivity index (χ0) is 18.1. The Morgan fingerprint density at radius 1 is 1.12 bits per heavy atom. The molecule has 1 heterocycles. The Kier molecular flexibility index (Phi) is 4.87. The van der Waals surface area contributed by atoms with E-state index in [-0.39, 0.29) is 5.91 Å². The first-order valence-corrected chi connectivity index (χ1v) is 9.03. The first-order valence-electron chi connectivity index (χ1n) is 8.65. The Hall–Kier alpha value is -2.26. The second-order valence-corrected chi connectivity index (χ2v) is 6.77. The fourth-order valence-electron chi connectivity index (χ4n) is 3.32. The van der Waals surface area contributed by atoms with Crippen molar-refractivity contribution >= 4 is 34.1 Å². The Balaban J connectivity index is 2.09. The third kappa shape index (κ3) is 3.16. The van der Waals surface area contributed by atoms with E-state index in [2.05, 4.69) is 41.9 Å². The molecule has 0 aliphatic rings. The number of hydrogen-bond acceptors (Lipinski definition) is 1. The van der Waals surface area contributed by atoms with Crippen molar-refractivity contribution in [3.8, 4) is 0 Å². The van der Waals surface area contributed by atoms with Gasteiger partial charge in [0.1, 0.15) is 5.69 Å². The topological polar surface area (TPSA) is 34.0 Å². The fraction of sp³-hybridized carbons (Fsp3) is 0.286. The van der Waals surface area contributed by atoms with Gasteiger partial charge in [-0.1, -0.05) is 30.7 Å². The number of rotatable bonds is 4. The van der Waals surface area contributed by atoms with Gasteiger partial charge in [-0.3, -0.25) is 4.79 Å². The van der Waals surface area contributed by atoms with Gasteiger partial charge >= 0.3 is 0 Å². The van der Waals surface area contributed by atoms with E-state index >= 15 is 0 Å². The first-order chi connectivity index (χ1) is 12.0. The summed E-state index contributed by atoms with van der Waals surface area (Å²) in [6.07, 6.45) is 0.982. The second-order valence-electron chi connectivity index (χ2n) is 6.34. The number of anilines is 1. The van der Waals surface area contributed by atoms with Gasteiger partial charge in [-0.15, -0.1) is 0 Å². The standard InChI is InChI=1S/C21H23ClN2O/c1-5-15-8-10-19-17(11-15)14(4)20(24(19)6-2)21(25)23-18-12-16(22)9-7-13(18)3/h7-12H,5-6H2,1-4H3,(H,23,25). The summed E-state index contributed by atoms with van der Waals surface area (Å²) in [5.74, 6) is -0.0982. The van der Waals surface area contributed by atoms with Crippen molar-refractivity contribution in [3.63, 3.8) is 0 Å². The van der Waals surface area contributed by atoms with Gasteiger partial charge in [-0.25, -0.2) is 0 Å². The average Bonchev–Trinajstić information content (AvgIpc) is 2.89. The van der Waals surface area contributed by atoms with E-state index in [9.17, 15) is 4.79 Å². The summed E-state index contributed by atoms with van der Waals surface area (Å²) in [6, 6.07) is 12.0. The minimum absolute atomic E-state index is 0.0982. The largest absolute Gasteiger partial charge is 0.337 e. The third-order valence-corrected chi connectivity index (χ3v) is 5.00. The number of amides is 1. The number of nitrogens with zero attached hydrogens (tertiary/aromatic N) is 1. The molecule has 0 unspecified atom stereocenters. The molecule has 3 aromatic rings. The number of fused-ring (bicyclic) bond motifs is 1. The van der Waals surface area contributed by atoms with Crippen molar-refractivity contribution in [1.82, 2.24) is 4.57 Å². The van der Waals surface area contributed by atoms with Gasteiger partial charge in [0.2, 0.25) is 0 Å². The summed E-state index contributed by atoms with van der Waals surface area (Å²) in [6.45, 7) is 8.93. The fourth-order valence-corrected chi connectivity index (χ4v) is 3.49. The van der Waals surface area contributed by atoms with E-state index < -0.39 is 0 Å². The van der Waals surface area contributed by atoms with Crippen LogP contribution in [0.3, 0.4) is 0 Å².